The molecule has 0 saturated carbocycles. The summed E-state index contributed by atoms with van der Waals surface area (Å²) in [5.41, 5.74) is 16.9. The highest BCUT2D eigenvalue weighted by Gasteiger charge is 2.37. The maximum atomic E-state index is 6.43. The molecule has 0 N–H and O–H groups in total. The molecule has 0 atom stereocenters. The molecule has 2 aliphatic heterocycles. The Morgan fingerprint density at radius 1 is 0.544 bits per heavy atom. The van der Waals surface area contributed by atoms with Crippen LogP contribution in [0.15, 0.2) is 181 Å². The molecule has 6 aromatic carbocycles. The Hall–Kier alpha value is -6.78. The molecule has 4 heteroatoms. The van der Waals surface area contributed by atoms with Crippen LogP contribution in [-0.2, 0) is 10.2 Å². The normalized spacial score (nSPS) is 17.0. The molecule has 276 valence electrons. The summed E-state index contributed by atoms with van der Waals surface area (Å²) in [7, 11) is 0. The minimum Gasteiger partial charge on any atom is -0.458 e. The van der Waals surface area contributed by atoms with Gasteiger partial charge < -0.3 is 19.3 Å². The summed E-state index contributed by atoms with van der Waals surface area (Å²) in [5.74, 6) is 3.80. The molecule has 0 unspecified atom stereocenters. The van der Waals surface area contributed by atoms with Gasteiger partial charge in [-0.1, -0.05) is 123 Å². The summed E-state index contributed by atoms with van der Waals surface area (Å²) in [6.07, 6.45) is 17.4. The van der Waals surface area contributed by atoms with Crippen LogP contribution in [0.3, 0.4) is 0 Å². The summed E-state index contributed by atoms with van der Waals surface area (Å²) in [6, 6.07) is 48.1. The Balaban J connectivity index is 0.831. The largest absolute Gasteiger partial charge is 0.458 e. The molecule has 0 bridgehead atoms. The fourth-order valence-electron chi connectivity index (χ4n) is 9.20. The van der Waals surface area contributed by atoms with Gasteiger partial charge in [0.15, 0.2) is 11.5 Å². The van der Waals surface area contributed by atoms with Crippen molar-refractivity contribution < 1.29 is 9.47 Å². The Kier molecular flexibility index (Phi) is 7.75. The van der Waals surface area contributed by atoms with Gasteiger partial charge in [-0.2, -0.15) is 0 Å². The highest BCUT2D eigenvalue weighted by atomic mass is 16.5. The van der Waals surface area contributed by atoms with Crippen molar-refractivity contribution in [3.63, 3.8) is 0 Å². The molecule has 0 aromatic heterocycles. The van der Waals surface area contributed by atoms with E-state index in [1.807, 2.05) is 24.3 Å². The van der Waals surface area contributed by atoms with E-state index < -0.39 is 0 Å². The van der Waals surface area contributed by atoms with E-state index in [0.717, 1.165) is 65.8 Å². The molecule has 5 aliphatic rings. The highest BCUT2D eigenvalue weighted by molar-refractivity contribution is 5.88. The second-order valence-corrected chi connectivity index (χ2v) is 16.0. The molecule has 3 aliphatic carbocycles. The lowest BCUT2D eigenvalue weighted by Gasteiger charge is -2.38. The number of anilines is 4. The fourth-order valence-corrected chi connectivity index (χ4v) is 9.20. The monoisotopic (exact) mass is 738 g/mol. The minimum atomic E-state index is -0.133. The quantitative estimate of drug-likeness (QED) is 0.164. The number of fused-ring (bicyclic) bond motifs is 5. The van der Waals surface area contributed by atoms with Gasteiger partial charge in [0.05, 0.1) is 22.8 Å². The first-order valence-electron chi connectivity index (χ1n) is 20.1. The van der Waals surface area contributed by atoms with Crippen molar-refractivity contribution in [3.05, 3.63) is 203 Å². The Morgan fingerprint density at radius 2 is 1.14 bits per heavy atom. The van der Waals surface area contributed by atoms with E-state index in [1.54, 1.807) is 0 Å². The van der Waals surface area contributed by atoms with Gasteiger partial charge in [0.2, 0.25) is 0 Å². The van der Waals surface area contributed by atoms with Crippen molar-refractivity contribution in [1.29, 1.82) is 0 Å². The molecule has 0 radical (unpaired) electrons. The summed E-state index contributed by atoms with van der Waals surface area (Å²) in [5, 5.41) is 0. The van der Waals surface area contributed by atoms with Crippen molar-refractivity contribution in [3.8, 4) is 33.8 Å². The van der Waals surface area contributed by atoms with Gasteiger partial charge in [-0.3, -0.25) is 0 Å². The van der Waals surface area contributed by atoms with E-state index in [-0.39, 0.29) is 5.41 Å². The molecule has 4 nitrogen and oxygen atoms in total. The number of para-hydroxylation sites is 4. The molecule has 57 heavy (non-hydrogen) atoms. The zero-order valence-electron chi connectivity index (χ0n) is 32.2. The SMILES string of the molecule is CC1(C)c2cc(/C=C/c3ccc(-c4ccc(N5c6ccccc6Oc6ccccc65)cc4)cc3)ccc2-c2ccc(N3C4=C(CCC=C4)OC4=C3CCC=C4)cc21. The first-order chi connectivity index (χ1) is 28.0. The lowest BCUT2D eigenvalue weighted by Crippen LogP contribution is -2.30. The van der Waals surface area contributed by atoms with Crippen LogP contribution in [0.1, 0.15) is 61.8 Å². The average molecular weight is 739 g/mol. The van der Waals surface area contributed by atoms with Gasteiger partial charge in [-0.15, -0.1) is 0 Å². The topological polar surface area (TPSA) is 24.9 Å². The van der Waals surface area contributed by atoms with Gasteiger partial charge in [-0.05, 0) is 124 Å². The van der Waals surface area contributed by atoms with E-state index in [9.17, 15) is 0 Å². The van der Waals surface area contributed by atoms with Crippen LogP contribution in [0.2, 0.25) is 0 Å². The zero-order valence-corrected chi connectivity index (χ0v) is 32.2. The first-order valence-corrected chi connectivity index (χ1v) is 20.1. The van der Waals surface area contributed by atoms with E-state index >= 15 is 0 Å². The van der Waals surface area contributed by atoms with Crippen LogP contribution in [0, 0.1) is 0 Å². The van der Waals surface area contributed by atoms with Crippen LogP contribution < -0.4 is 14.5 Å². The van der Waals surface area contributed by atoms with Gasteiger partial charge in [0.1, 0.15) is 11.5 Å². The van der Waals surface area contributed by atoms with Crippen LogP contribution >= 0.6 is 0 Å². The molecule has 6 aromatic rings. The number of benzene rings is 6. The lowest BCUT2D eigenvalue weighted by molar-refractivity contribution is 0.281. The van der Waals surface area contributed by atoms with Crippen LogP contribution in [-0.4, -0.2) is 0 Å². The summed E-state index contributed by atoms with van der Waals surface area (Å²) >= 11 is 0. The zero-order chi connectivity index (χ0) is 38.1. The molecule has 0 amide bonds. The maximum absolute atomic E-state index is 6.43. The molecule has 0 spiro atoms. The third-order valence-corrected chi connectivity index (χ3v) is 12.2. The fraction of sp³-hybridized carbons (Fsp3) is 0.132. The molecule has 2 heterocycles. The second-order valence-electron chi connectivity index (χ2n) is 16.0. The summed E-state index contributed by atoms with van der Waals surface area (Å²) < 4.78 is 12.6. The van der Waals surface area contributed by atoms with Gasteiger partial charge in [0.25, 0.3) is 0 Å². The van der Waals surface area contributed by atoms with Crippen molar-refractivity contribution in [1.82, 2.24) is 0 Å². The average Bonchev–Trinajstić information content (AvgIpc) is 3.48. The van der Waals surface area contributed by atoms with Crippen LogP contribution in [0.25, 0.3) is 34.4 Å². The Morgan fingerprint density at radius 3 is 1.89 bits per heavy atom. The van der Waals surface area contributed by atoms with Crippen molar-refractivity contribution in [2.75, 3.05) is 9.80 Å². The standard InChI is InChI=1S/C53H42N2O2/c1-53(2)43-33-36(23-31-41(43)42-32-30-40(34-44(42)53)55-47-13-5-9-17-51(47)57-52-18-10-6-14-48(52)55)20-19-35-21-24-37(25-22-35)38-26-28-39(29-27-38)54-45-11-3-7-15-49(45)56-50-16-8-4-12-46(50)54/h3-5,7-8,10-13,15-16,18-34H,6,9,14,17H2,1-2H3/b20-19+. The molecular weight excluding hydrogens is 697 g/mol. The smallest absolute Gasteiger partial charge is 0.151 e. The van der Waals surface area contributed by atoms with Gasteiger partial charge in [-0.25, -0.2) is 0 Å². The van der Waals surface area contributed by atoms with E-state index in [1.165, 1.54) is 61.6 Å². The van der Waals surface area contributed by atoms with Gasteiger partial charge >= 0.3 is 0 Å². The predicted molar refractivity (Wildman–Crippen MR) is 234 cm³/mol. The van der Waals surface area contributed by atoms with E-state index in [4.69, 9.17) is 9.47 Å². The second kappa shape index (κ2) is 13.2. The number of hydrogen-bond acceptors (Lipinski definition) is 4. The number of rotatable bonds is 5. The Labute approximate surface area is 334 Å². The minimum absolute atomic E-state index is 0.133. The third kappa shape index (κ3) is 5.58. The van der Waals surface area contributed by atoms with E-state index in [0.29, 0.717) is 0 Å². The molecule has 0 fully saturated rings. The summed E-state index contributed by atoms with van der Waals surface area (Å²) in [6.45, 7) is 4.75. The highest BCUT2D eigenvalue weighted by Crippen LogP contribution is 2.52. The molecule has 0 saturated heterocycles. The van der Waals surface area contributed by atoms with Crippen molar-refractivity contribution >= 4 is 34.9 Å². The number of hydrogen-bond donors (Lipinski definition) is 0. The maximum Gasteiger partial charge on any atom is 0.151 e. The van der Waals surface area contributed by atoms with E-state index in [2.05, 4.69) is 169 Å². The molecule has 11 rings (SSSR count). The van der Waals surface area contributed by atoms with Crippen LogP contribution in [0.4, 0.5) is 22.7 Å². The predicted octanol–water partition coefficient (Wildman–Crippen LogP) is 14.4. The van der Waals surface area contributed by atoms with Crippen molar-refractivity contribution in [2.24, 2.45) is 0 Å². The first kappa shape index (κ1) is 33.5. The Bertz CT molecular complexity index is 2720. The van der Waals surface area contributed by atoms with Crippen LogP contribution in [0.5, 0.6) is 11.5 Å². The third-order valence-electron chi connectivity index (χ3n) is 12.2. The summed E-state index contributed by atoms with van der Waals surface area (Å²) in [4.78, 5) is 4.74. The number of allylic oxidation sites excluding steroid dienone is 6. The lowest BCUT2D eigenvalue weighted by atomic mass is 9.81. The number of ether oxygens (including phenoxy) is 2. The molecular formula is C53H42N2O2. The van der Waals surface area contributed by atoms with Gasteiger partial charge in [0, 0.05) is 23.2 Å². The number of nitrogens with zero attached hydrogens (tertiary/aromatic N) is 2. The van der Waals surface area contributed by atoms with Crippen molar-refractivity contribution in [2.45, 2.75) is 44.9 Å².